The number of Topliss-reactive ketones (excluding diaryl/α,β-unsaturated/α-hetero) is 1. The van der Waals surface area contributed by atoms with Crippen LogP contribution in [-0.4, -0.2) is 18.4 Å². The minimum absolute atomic E-state index is 0.0565. The predicted octanol–water partition coefficient (Wildman–Crippen LogP) is 5.49. The first-order valence-electron chi connectivity index (χ1n) is 10.3. The molecule has 1 aromatic heterocycles. The van der Waals surface area contributed by atoms with Crippen molar-refractivity contribution in [3.05, 3.63) is 73.8 Å². The van der Waals surface area contributed by atoms with Crippen molar-refractivity contribution in [3.8, 4) is 0 Å². The highest BCUT2D eigenvalue weighted by molar-refractivity contribution is 9.10. The van der Waals surface area contributed by atoms with E-state index in [2.05, 4.69) is 29.8 Å². The minimum atomic E-state index is -0.510. The van der Waals surface area contributed by atoms with Gasteiger partial charge in [-0.05, 0) is 54.5 Å². The molecule has 0 amide bonds. The molecule has 2 heterocycles. The molecule has 2 aromatic rings. The zero-order valence-electron chi connectivity index (χ0n) is 17.8. The fraction of sp³-hybridized carbons (Fsp3) is 0.333. The zero-order chi connectivity index (χ0) is 22.3. The molecule has 0 saturated heterocycles. The first-order chi connectivity index (χ1) is 14.7. The highest BCUT2D eigenvalue weighted by Gasteiger charge is 2.46. The van der Waals surface area contributed by atoms with Gasteiger partial charge in [-0.1, -0.05) is 35.8 Å². The number of carbonyl (C=O) groups is 2. The standard InChI is InChI=1S/C24H25BrN2O3S/c1-4-30-23(29)21-20(18-6-5-11-31-18)19-16(12-24(2,3)13-17(19)28)27(22(21)26)15-9-7-14(25)8-10-15/h5-11,20H,4,12-13,26H2,1-3H3/t20-/m0/s1. The lowest BCUT2D eigenvalue weighted by atomic mass is 9.69. The first kappa shape index (κ1) is 21.8. The number of allylic oxidation sites excluding steroid dienone is 2. The van der Waals surface area contributed by atoms with Crippen molar-refractivity contribution >= 4 is 44.7 Å². The molecule has 1 atom stereocenters. The fourth-order valence-corrected chi connectivity index (χ4v) is 5.55. The fourth-order valence-electron chi connectivity index (χ4n) is 4.44. The number of halogens is 1. The summed E-state index contributed by atoms with van der Waals surface area (Å²) < 4.78 is 6.34. The van der Waals surface area contributed by atoms with Crippen molar-refractivity contribution in [3.63, 3.8) is 0 Å². The smallest absolute Gasteiger partial charge is 0.338 e. The molecule has 2 N–H and O–H groups in total. The van der Waals surface area contributed by atoms with Gasteiger partial charge in [0.2, 0.25) is 0 Å². The normalized spacial score (nSPS) is 20.7. The summed E-state index contributed by atoms with van der Waals surface area (Å²) in [6.45, 7) is 6.19. The Bertz CT molecular complexity index is 1080. The number of thiophene rings is 1. The maximum Gasteiger partial charge on any atom is 0.338 e. The highest BCUT2D eigenvalue weighted by atomic mass is 79.9. The van der Waals surface area contributed by atoms with Gasteiger partial charge in [0.15, 0.2) is 5.78 Å². The molecule has 0 unspecified atom stereocenters. The second-order valence-corrected chi connectivity index (χ2v) is 10.5. The van der Waals surface area contributed by atoms with Crippen LogP contribution in [0.1, 0.15) is 44.4 Å². The van der Waals surface area contributed by atoms with E-state index in [-0.39, 0.29) is 17.8 Å². The van der Waals surface area contributed by atoms with Gasteiger partial charge in [0.05, 0.1) is 18.1 Å². The summed E-state index contributed by atoms with van der Waals surface area (Å²) in [4.78, 5) is 29.4. The van der Waals surface area contributed by atoms with Crippen LogP contribution >= 0.6 is 27.3 Å². The Kier molecular flexibility index (Phi) is 5.83. The molecule has 2 aliphatic rings. The van der Waals surface area contributed by atoms with Crippen molar-refractivity contribution in [2.45, 2.75) is 39.5 Å². The van der Waals surface area contributed by atoms with Crippen LogP contribution in [0.5, 0.6) is 0 Å². The monoisotopic (exact) mass is 500 g/mol. The summed E-state index contributed by atoms with van der Waals surface area (Å²) in [5.41, 5.74) is 9.18. The van der Waals surface area contributed by atoms with Crippen LogP contribution in [0, 0.1) is 5.41 Å². The number of ketones is 1. The lowest BCUT2D eigenvalue weighted by Gasteiger charge is -2.44. The third-order valence-electron chi connectivity index (χ3n) is 5.67. The summed E-state index contributed by atoms with van der Waals surface area (Å²) in [6, 6.07) is 11.6. The van der Waals surface area contributed by atoms with E-state index in [1.54, 1.807) is 6.92 Å². The molecule has 4 rings (SSSR count). The van der Waals surface area contributed by atoms with Crippen molar-refractivity contribution in [1.29, 1.82) is 0 Å². The average molecular weight is 501 g/mol. The van der Waals surface area contributed by atoms with E-state index in [0.717, 1.165) is 20.7 Å². The Morgan fingerprint density at radius 3 is 2.58 bits per heavy atom. The van der Waals surface area contributed by atoms with Crippen LogP contribution < -0.4 is 10.6 Å². The number of ether oxygens (including phenoxy) is 1. The predicted molar refractivity (Wildman–Crippen MR) is 127 cm³/mol. The van der Waals surface area contributed by atoms with E-state index in [0.29, 0.717) is 29.8 Å². The van der Waals surface area contributed by atoms with Crippen molar-refractivity contribution in [1.82, 2.24) is 0 Å². The lowest BCUT2D eigenvalue weighted by Crippen LogP contribution is -2.43. The summed E-state index contributed by atoms with van der Waals surface area (Å²) in [7, 11) is 0. The van der Waals surface area contributed by atoms with Crippen LogP contribution in [0.3, 0.4) is 0 Å². The number of hydrogen-bond acceptors (Lipinski definition) is 6. The second kappa shape index (κ2) is 8.28. The van der Waals surface area contributed by atoms with Gasteiger partial charge in [-0.25, -0.2) is 4.79 Å². The van der Waals surface area contributed by atoms with Gasteiger partial charge in [-0.15, -0.1) is 11.3 Å². The number of anilines is 1. The molecule has 31 heavy (non-hydrogen) atoms. The van der Waals surface area contributed by atoms with Crippen LogP contribution in [0.4, 0.5) is 5.69 Å². The van der Waals surface area contributed by atoms with Crippen LogP contribution in [0.25, 0.3) is 0 Å². The van der Waals surface area contributed by atoms with Crippen LogP contribution in [-0.2, 0) is 14.3 Å². The zero-order valence-corrected chi connectivity index (χ0v) is 20.2. The van der Waals surface area contributed by atoms with E-state index in [1.807, 2.05) is 46.7 Å². The van der Waals surface area contributed by atoms with Crippen LogP contribution in [0.2, 0.25) is 0 Å². The summed E-state index contributed by atoms with van der Waals surface area (Å²) >= 11 is 4.99. The van der Waals surface area contributed by atoms with Crippen molar-refractivity contribution < 1.29 is 14.3 Å². The molecule has 0 spiro atoms. The number of hydrogen-bond donors (Lipinski definition) is 1. The molecule has 0 bridgehead atoms. The number of rotatable bonds is 4. The SMILES string of the molecule is CCOC(=O)C1=C(N)N(c2ccc(Br)cc2)C2=C(C(=O)CC(C)(C)C2)[C@@H]1c1cccs1. The quantitative estimate of drug-likeness (QED) is 0.561. The maximum atomic E-state index is 13.5. The second-order valence-electron chi connectivity index (χ2n) is 8.58. The number of nitrogens with two attached hydrogens (primary N) is 1. The van der Waals surface area contributed by atoms with E-state index < -0.39 is 11.9 Å². The molecule has 0 radical (unpaired) electrons. The molecule has 162 valence electrons. The van der Waals surface area contributed by atoms with Crippen molar-refractivity contribution in [2.75, 3.05) is 11.5 Å². The molecule has 1 aromatic carbocycles. The molecule has 1 aliphatic carbocycles. The van der Waals surface area contributed by atoms with Gasteiger partial charge in [0.25, 0.3) is 0 Å². The third kappa shape index (κ3) is 3.96. The highest BCUT2D eigenvalue weighted by Crippen LogP contribution is 2.51. The number of esters is 1. The Hall–Kier alpha value is -2.38. The van der Waals surface area contributed by atoms with Crippen LogP contribution in [0.15, 0.2) is 68.9 Å². The van der Waals surface area contributed by atoms with Gasteiger partial charge in [0, 0.05) is 32.7 Å². The lowest BCUT2D eigenvalue weighted by molar-refractivity contribution is -0.138. The Balaban J connectivity index is 2.00. The minimum Gasteiger partial charge on any atom is -0.463 e. The summed E-state index contributed by atoms with van der Waals surface area (Å²) in [6.07, 6.45) is 1.11. The Morgan fingerprint density at radius 2 is 1.97 bits per heavy atom. The average Bonchev–Trinajstić information content (AvgIpc) is 3.22. The van der Waals surface area contributed by atoms with Gasteiger partial charge in [-0.2, -0.15) is 0 Å². The topological polar surface area (TPSA) is 72.6 Å². The largest absolute Gasteiger partial charge is 0.463 e. The number of benzene rings is 1. The molecular weight excluding hydrogens is 476 g/mol. The molecule has 0 fully saturated rings. The molecular formula is C24H25BrN2O3S. The van der Waals surface area contributed by atoms with E-state index in [1.165, 1.54) is 11.3 Å². The van der Waals surface area contributed by atoms with Gasteiger partial charge >= 0.3 is 5.97 Å². The van der Waals surface area contributed by atoms with Gasteiger partial charge in [0.1, 0.15) is 5.82 Å². The molecule has 5 nitrogen and oxygen atoms in total. The number of carbonyl (C=O) groups excluding carboxylic acids is 2. The number of nitrogens with zero attached hydrogens (tertiary/aromatic N) is 1. The van der Waals surface area contributed by atoms with E-state index in [4.69, 9.17) is 10.5 Å². The van der Waals surface area contributed by atoms with E-state index >= 15 is 0 Å². The molecule has 1 aliphatic heterocycles. The van der Waals surface area contributed by atoms with E-state index in [9.17, 15) is 9.59 Å². The Labute approximate surface area is 194 Å². The van der Waals surface area contributed by atoms with Gasteiger partial charge in [-0.3, -0.25) is 9.69 Å². The molecule has 7 heteroatoms. The molecule has 0 saturated carbocycles. The maximum absolute atomic E-state index is 13.5. The Morgan fingerprint density at radius 1 is 1.26 bits per heavy atom. The first-order valence-corrected chi connectivity index (χ1v) is 11.9. The third-order valence-corrected chi connectivity index (χ3v) is 7.13. The summed E-state index contributed by atoms with van der Waals surface area (Å²) in [5, 5.41) is 1.95. The summed E-state index contributed by atoms with van der Waals surface area (Å²) in [5.74, 6) is -0.612. The van der Waals surface area contributed by atoms with Crippen molar-refractivity contribution in [2.24, 2.45) is 11.1 Å². The van der Waals surface area contributed by atoms with Gasteiger partial charge < -0.3 is 10.5 Å².